The van der Waals surface area contributed by atoms with Crippen LogP contribution in [-0.2, 0) is 7.05 Å². The number of rotatable bonds is 4. The summed E-state index contributed by atoms with van der Waals surface area (Å²) in [5.41, 5.74) is 3.47. The number of aromatic nitrogens is 4. The number of carbonyl (C=O) groups excluding carboxylic acids is 2. The molecular weight excluding hydrogens is 422 g/mol. The molecule has 2 aromatic heterocycles. The molecule has 1 fully saturated rings. The Morgan fingerprint density at radius 3 is 2.88 bits per heavy atom. The molecule has 0 saturated carbocycles. The van der Waals surface area contributed by atoms with Gasteiger partial charge in [0.15, 0.2) is 5.78 Å². The molecule has 0 spiro atoms. The van der Waals surface area contributed by atoms with Crippen LogP contribution in [-0.4, -0.2) is 62.9 Å². The van der Waals surface area contributed by atoms with E-state index in [-0.39, 0.29) is 23.7 Å². The number of fused-ring (bicyclic) bond motifs is 1. The third kappa shape index (κ3) is 3.99. The van der Waals surface area contributed by atoms with Crippen molar-refractivity contribution < 1.29 is 19.1 Å². The molecule has 0 unspecified atom stereocenters. The predicted molar refractivity (Wildman–Crippen MR) is 121 cm³/mol. The molecule has 1 aromatic carbocycles. The minimum Gasteiger partial charge on any atom is -0.497 e. The standard InChI is InChI=1S/C24H27N5O4/c1-14-18(13-28(2)27-14)19-10-20(26-25-19)24(31)29-8-4-5-15(12-29)23-11-21(30)17-9-16(32-3)6-7-22(17)33-23/h6-7,9-10,13,15,23H,4-5,8,11-12H2,1-3H3,(H,25,26)/t15-,23-/m1/s1. The fourth-order valence-corrected chi connectivity index (χ4v) is 4.81. The van der Waals surface area contributed by atoms with Gasteiger partial charge in [-0.25, -0.2) is 0 Å². The zero-order valence-electron chi connectivity index (χ0n) is 19.0. The van der Waals surface area contributed by atoms with E-state index in [9.17, 15) is 9.59 Å². The summed E-state index contributed by atoms with van der Waals surface area (Å²) in [6.07, 6.45) is 3.73. The van der Waals surface area contributed by atoms with Crippen molar-refractivity contribution in [3.8, 4) is 22.8 Å². The van der Waals surface area contributed by atoms with Gasteiger partial charge < -0.3 is 14.4 Å². The van der Waals surface area contributed by atoms with Crippen molar-refractivity contribution in [2.75, 3.05) is 20.2 Å². The van der Waals surface area contributed by atoms with Gasteiger partial charge in [0, 0.05) is 44.2 Å². The molecule has 2 aliphatic rings. The number of ether oxygens (including phenoxy) is 2. The van der Waals surface area contributed by atoms with Crippen LogP contribution in [0.2, 0.25) is 0 Å². The summed E-state index contributed by atoms with van der Waals surface area (Å²) in [5.74, 6) is 1.27. The number of hydrogen-bond acceptors (Lipinski definition) is 6. The van der Waals surface area contributed by atoms with Crippen LogP contribution in [0, 0.1) is 12.8 Å². The Labute approximate surface area is 191 Å². The molecule has 2 atom stereocenters. The largest absolute Gasteiger partial charge is 0.497 e. The fourth-order valence-electron chi connectivity index (χ4n) is 4.81. The number of benzene rings is 1. The van der Waals surface area contributed by atoms with Crippen molar-refractivity contribution in [3.63, 3.8) is 0 Å². The normalized spacial score (nSPS) is 20.3. The smallest absolute Gasteiger partial charge is 0.271 e. The number of methoxy groups -OCH3 is 1. The Balaban J connectivity index is 1.29. The van der Waals surface area contributed by atoms with Crippen LogP contribution >= 0.6 is 0 Å². The van der Waals surface area contributed by atoms with E-state index in [4.69, 9.17) is 9.47 Å². The number of ketones is 1. The number of piperidine rings is 1. The first-order valence-electron chi connectivity index (χ1n) is 11.2. The molecule has 0 aliphatic carbocycles. The average molecular weight is 450 g/mol. The van der Waals surface area contributed by atoms with Crippen LogP contribution < -0.4 is 9.47 Å². The quantitative estimate of drug-likeness (QED) is 0.657. The van der Waals surface area contributed by atoms with Crippen molar-refractivity contribution in [1.82, 2.24) is 24.9 Å². The van der Waals surface area contributed by atoms with Gasteiger partial charge in [0.2, 0.25) is 0 Å². The van der Waals surface area contributed by atoms with E-state index in [1.807, 2.05) is 25.1 Å². The minimum absolute atomic E-state index is 0.0497. The Morgan fingerprint density at radius 1 is 1.27 bits per heavy atom. The van der Waals surface area contributed by atoms with Gasteiger partial charge in [-0.05, 0) is 44.0 Å². The lowest BCUT2D eigenvalue weighted by atomic mass is 9.86. The van der Waals surface area contributed by atoms with Gasteiger partial charge in [-0.3, -0.25) is 19.4 Å². The van der Waals surface area contributed by atoms with Crippen LogP contribution in [0.15, 0.2) is 30.5 Å². The first kappa shape index (κ1) is 21.2. The maximum Gasteiger partial charge on any atom is 0.271 e. The lowest BCUT2D eigenvalue weighted by Crippen LogP contribution is -2.46. The molecular formula is C24H27N5O4. The van der Waals surface area contributed by atoms with Crippen molar-refractivity contribution >= 4 is 11.7 Å². The third-order valence-corrected chi connectivity index (χ3v) is 6.52. The number of nitrogens with zero attached hydrogens (tertiary/aromatic N) is 4. The molecule has 2 aliphatic heterocycles. The monoisotopic (exact) mass is 449 g/mol. The first-order chi connectivity index (χ1) is 15.9. The molecule has 33 heavy (non-hydrogen) atoms. The molecule has 172 valence electrons. The number of hydrogen-bond donors (Lipinski definition) is 1. The van der Waals surface area contributed by atoms with E-state index in [2.05, 4.69) is 15.3 Å². The number of aromatic amines is 1. The van der Waals surface area contributed by atoms with E-state index >= 15 is 0 Å². The van der Waals surface area contributed by atoms with Crippen LogP contribution in [0.25, 0.3) is 11.3 Å². The molecule has 1 N–H and O–H groups in total. The maximum atomic E-state index is 13.2. The molecule has 4 heterocycles. The Kier molecular flexibility index (Phi) is 5.39. The molecule has 1 amide bonds. The zero-order valence-corrected chi connectivity index (χ0v) is 19.0. The van der Waals surface area contributed by atoms with Crippen molar-refractivity contribution in [1.29, 1.82) is 0 Å². The number of H-pyrrole nitrogens is 1. The Hall–Kier alpha value is -3.62. The van der Waals surface area contributed by atoms with Gasteiger partial charge in [0.05, 0.1) is 24.1 Å². The van der Waals surface area contributed by atoms with Crippen molar-refractivity contribution in [2.24, 2.45) is 13.0 Å². The number of aryl methyl sites for hydroxylation is 2. The SMILES string of the molecule is COc1ccc2c(c1)C(=O)C[C@H]([C@@H]1CCCN(C(=O)c3cc(-c4cn(C)nc4C)n[nH]3)C1)O2. The second-order valence-electron chi connectivity index (χ2n) is 8.77. The summed E-state index contributed by atoms with van der Waals surface area (Å²) in [5, 5.41) is 11.6. The highest BCUT2D eigenvalue weighted by Crippen LogP contribution is 2.35. The van der Waals surface area contributed by atoms with Crippen LogP contribution in [0.3, 0.4) is 0 Å². The van der Waals surface area contributed by atoms with Gasteiger partial charge in [-0.2, -0.15) is 10.2 Å². The summed E-state index contributed by atoms with van der Waals surface area (Å²) >= 11 is 0. The molecule has 0 bridgehead atoms. The maximum absolute atomic E-state index is 13.2. The van der Waals surface area contributed by atoms with E-state index in [1.54, 1.807) is 36.1 Å². The topological polar surface area (TPSA) is 102 Å². The number of Topliss-reactive ketones (excluding diaryl/α,β-unsaturated/α-hetero) is 1. The van der Waals surface area contributed by atoms with Crippen LogP contribution in [0.5, 0.6) is 11.5 Å². The van der Waals surface area contributed by atoms with E-state index < -0.39 is 0 Å². The van der Waals surface area contributed by atoms with E-state index in [1.165, 1.54) is 0 Å². The van der Waals surface area contributed by atoms with Crippen LogP contribution in [0.4, 0.5) is 0 Å². The summed E-state index contributed by atoms with van der Waals surface area (Å²) in [6, 6.07) is 7.09. The second kappa shape index (κ2) is 8.38. The highest BCUT2D eigenvalue weighted by atomic mass is 16.5. The van der Waals surface area contributed by atoms with Gasteiger partial charge in [0.25, 0.3) is 5.91 Å². The number of carbonyl (C=O) groups is 2. The fraction of sp³-hybridized carbons (Fsp3) is 0.417. The van der Waals surface area contributed by atoms with Crippen LogP contribution in [0.1, 0.15) is 45.8 Å². The highest BCUT2D eigenvalue weighted by molar-refractivity contribution is 6.00. The first-order valence-corrected chi connectivity index (χ1v) is 11.2. The molecule has 3 aromatic rings. The zero-order chi connectivity index (χ0) is 23.1. The molecule has 9 heteroatoms. The summed E-state index contributed by atoms with van der Waals surface area (Å²) in [7, 11) is 3.43. The van der Waals surface area contributed by atoms with E-state index in [0.29, 0.717) is 48.0 Å². The average Bonchev–Trinajstić information content (AvgIpc) is 3.44. The molecule has 0 radical (unpaired) electrons. The third-order valence-electron chi connectivity index (χ3n) is 6.52. The lowest BCUT2D eigenvalue weighted by Gasteiger charge is -2.38. The Morgan fingerprint density at radius 2 is 2.12 bits per heavy atom. The predicted octanol–water partition coefficient (Wildman–Crippen LogP) is 3.01. The number of amides is 1. The number of likely N-dealkylation sites (tertiary alicyclic amines) is 1. The summed E-state index contributed by atoms with van der Waals surface area (Å²) in [6.45, 7) is 3.13. The van der Waals surface area contributed by atoms with Crippen molar-refractivity contribution in [3.05, 3.63) is 47.4 Å². The van der Waals surface area contributed by atoms with Gasteiger partial charge >= 0.3 is 0 Å². The van der Waals surface area contributed by atoms with E-state index in [0.717, 1.165) is 24.1 Å². The van der Waals surface area contributed by atoms with Gasteiger partial charge in [-0.15, -0.1) is 0 Å². The van der Waals surface area contributed by atoms with Crippen molar-refractivity contribution in [2.45, 2.75) is 32.3 Å². The lowest BCUT2D eigenvalue weighted by molar-refractivity contribution is 0.0405. The number of nitrogens with one attached hydrogen (secondary N) is 1. The molecule has 9 nitrogen and oxygen atoms in total. The van der Waals surface area contributed by atoms with Gasteiger partial charge in [0.1, 0.15) is 23.3 Å². The molecule has 5 rings (SSSR count). The minimum atomic E-state index is -0.246. The highest BCUT2D eigenvalue weighted by Gasteiger charge is 2.36. The summed E-state index contributed by atoms with van der Waals surface area (Å²) < 4.78 is 13.2. The summed E-state index contributed by atoms with van der Waals surface area (Å²) in [4.78, 5) is 27.8. The van der Waals surface area contributed by atoms with Gasteiger partial charge in [-0.1, -0.05) is 0 Å². The second-order valence-corrected chi connectivity index (χ2v) is 8.77. The molecule has 1 saturated heterocycles. The Bertz CT molecular complexity index is 1210.